The largest absolute Gasteiger partial charge is 0.334 e. The highest BCUT2D eigenvalue weighted by Gasteiger charge is 2.32. The van der Waals surface area contributed by atoms with Crippen molar-refractivity contribution in [2.24, 2.45) is 14.1 Å². The van der Waals surface area contributed by atoms with Gasteiger partial charge in [-0.3, -0.25) is 14.3 Å². The van der Waals surface area contributed by atoms with Crippen molar-refractivity contribution in [1.82, 2.24) is 29.8 Å². The summed E-state index contributed by atoms with van der Waals surface area (Å²) in [6.07, 6.45) is -4.15. The molecule has 1 amide bonds. The summed E-state index contributed by atoms with van der Waals surface area (Å²) in [5.41, 5.74) is 1.89. The number of benzene rings is 2. The number of amides is 1. The van der Waals surface area contributed by atoms with E-state index in [2.05, 4.69) is 48.4 Å². The van der Waals surface area contributed by atoms with E-state index in [0.717, 1.165) is 40.3 Å². The first-order chi connectivity index (χ1) is 25.8. The molecular weight excluding hydrogens is 809 g/mol. The minimum atomic E-state index is -3.04. The number of nitrogens with zero attached hydrogens (tertiary/aromatic N) is 5. The molecule has 2 heterocycles. The summed E-state index contributed by atoms with van der Waals surface area (Å²) in [5.74, 6) is -1.12. The zero-order valence-electron chi connectivity index (χ0n) is 32.0. The van der Waals surface area contributed by atoms with Crippen LogP contribution in [0.5, 0.6) is 0 Å². The second-order valence-electron chi connectivity index (χ2n) is 13.1. The molecule has 0 radical (unpaired) electrons. The predicted molar refractivity (Wildman–Crippen MR) is 210 cm³/mol. The summed E-state index contributed by atoms with van der Waals surface area (Å²) in [6, 6.07) is 11.6. The van der Waals surface area contributed by atoms with E-state index >= 15 is 0 Å². The van der Waals surface area contributed by atoms with Crippen LogP contribution in [0.1, 0.15) is 133 Å². The van der Waals surface area contributed by atoms with Crippen LogP contribution in [0.25, 0.3) is 0 Å². The molecule has 0 saturated carbocycles. The second-order valence-corrected chi connectivity index (χ2v) is 14.7. The van der Waals surface area contributed by atoms with Gasteiger partial charge in [-0.05, 0) is 89.3 Å². The van der Waals surface area contributed by atoms with Gasteiger partial charge in [0.1, 0.15) is 27.7 Å². The molecule has 0 aliphatic carbocycles. The van der Waals surface area contributed by atoms with Crippen LogP contribution in [0, 0.1) is 5.95 Å². The summed E-state index contributed by atoms with van der Waals surface area (Å²) < 4.78 is 66.9. The van der Waals surface area contributed by atoms with Crippen molar-refractivity contribution in [3.63, 3.8) is 0 Å². The van der Waals surface area contributed by atoms with Gasteiger partial charge in [-0.25, -0.2) is 22.2 Å². The van der Waals surface area contributed by atoms with E-state index in [4.69, 9.17) is 46.4 Å². The van der Waals surface area contributed by atoms with Crippen molar-refractivity contribution in [2.45, 2.75) is 92.2 Å². The van der Waals surface area contributed by atoms with Gasteiger partial charge in [-0.2, -0.15) is 14.6 Å². The number of alkyl halides is 4. The lowest BCUT2D eigenvalue weighted by molar-refractivity contribution is 0.0724. The van der Waals surface area contributed by atoms with Crippen LogP contribution in [0.4, 0.5) is 22.0 Å². The number of hydrogen-bond acceptors (Lipinski definition) is 5. The number of carbonyl (C=O) groups excluding carboxylic acids is 2. The summed E-state index contributed by atoms with van der Waals surface area (Å²) >= 11 is 22.7. The van der Waals surface area contributed by atoms with E-state index in [0.29, 0.717) is 28.6 Å². The first kappa shape index (κ1) is 47.9. The van der Waals surface area contributed by atoms with Gasteiger partial charge in [-0.15, -0.1) is 0 Å². The number of aromatic nitrogens is 4. The number of halogens is 9. The third kappa shape index (κ3) is 13.4. The molecule has 304 valence electrons. The van der Waals surface area contributed by atoms with Crippen molar-refractivity contribution in [2.75, 3.05) is 13.1 Å². The van der Waals surface area contributed by atoms with Gasteiger partial charge in [0.15, 0.2) is 0 Å². The molecule has 0 aliphatic rings. The van der Waals surface area contributed by atoms with Crippen molar-refractivity contribution in [3.8, 4) is 0 Å². The number of aryl methyl sites for hydroxylation is 2. The maximum absolute atomic E-state index is 14.3. The molecule has 0 saturated heterocycles. The quantitative estimate of drug-likeness (QED) is 0.0776. The fraction of sp³-hybridized carbons (Fsp3) is 0.474. The topological polar surface area (TPSA) is 85.1 Å². The molecule has 0 atom stereocenters. The normalized spacial score (nSPS) is 11.2. The Morgan fingerprint density at radius 1 is 0.782 bits per heavy atom. The molecule has 0 bridgehead atoms. The van der Waals surface area contributed by atoms with Crippen LogP contribution >= 0.6 is 46.4 Å². The highest BCUT2D eigenvalue weighted by Crippen LogP contribution is 2.30. The molecule has 1 N–H and O–H groups in total. The van der Waals surface area contributed by atoms with Crippen LogP contribution in [-0.2, 0) is 27.2 Å². The third-order valence-corrected chi connectivity index (χ3v) is 9.26. The molecule has 8 nitrogen and oxygen atoms in total. The molecule has 2 aromatic carbocycles. The highest BCUT2D eigenvalue weighted by atomic mass is 35.5. The highest BCUT2D eigenvalue weighted by molar-refractivity contribution is 6.68. The number of rotatable bonds is 14. The summed E-state index contributed by atoms with van der Waals surface area (Å²) in [7, 11) is 2.54. The minimum absolute atomic E-state index is 0.151. The lowest BCUT2D eigenvalue weighted by Crippen LogP contribution is -2.33. The fourth-order valence-electron chi connectivity index (χ4n) is 5.58. The first-order valence-electron chi connectivity index (χ1n) is 17.5. The minimum Gasteiger partial charge on any atom is -0.334 e. The van der Waals surface area contributed by atoms with E-state index < -0.39 is 52.5 Å². The summed E-state index contributed by atoms with van der Waals surface area (Å²) in [6.45, 7) is 14.9. The molecule has 0 unspecified atom stereocenters. The van der Waals surface area contributed by atoms with Gasteiger partial charge in [0.05, 0.1) is 0 Å². The number of nitrogens with one attached hydrogen (secondary N) is 1. The van der Waals surface area contributed by atoms with E-state index in [1.54, 1.807) is 12.1 Å². The Morgan fingerprint density at radius 2 is 1.27 bits per heavy atom. The standard InChI is InChI=1S/C19H23ClF3N3O.C13H20ClN.C6H4Cl2F2N2O/c1-5-8-26(10-12-9-13(20)6-7-14(12)11(2)3)19(27)15-16(17(21)22)24-25(4)18(15)23;1-4-7-15-9-11-8-12(14)5-6-13(11)10(2)3;1-12-4(7)2(5(8)13)3(11-12)6(9)10/h6-7,9,11,17H,5,8,10H2,1-4H3;5-6,8,10,15H,4,7,9H2,1-3H3;6H,1H3. The average Bonchev–Trinajstić information content (AvgIpc) is 3.58. The maximum Gasteiger partial charge on any atom is 0.283 e. The Kier molecular flexibility index (Phi) is 19.6. The molecule has 0 fully saturated rings. The molecule has 0 spiro atoms. The Morgan fingerprint density at radius 3 is 1.73 bits per heavy atom. The van der Waals surface area contributed by atoms with Crippen molar-refractivity contribution >= 4 is 57.6 Å². The van der Waals surface area contributed by atoms with Crippen molar-refractivity contribution in [3.05, 3.63) is 102 Å². The second kappa shape index (κ2) is 22.5. The number of hydrogen-bond donors (Lipinski definition) is 1. The van der Waals surface area contributed by atoms with E-state index in [1.165, 1.54) is 30.1 Å². The van der Waals surface area contributed by atoms with E-state index in [1.807, 2.05) is 32.9 Å². The van der Waals surface area contributed by atoms with Gasteiger partial charge in [0.2, 0.25) is 5.95 Å². The molecule has 0 aliphatic heterocycles. The van der Waals surface area contributed by atoms with Crippen LogP contribution in [0.2, 0.25) is 15.2 Å². The Labute approximate surface area is 339 Å². The zero-order valence-corrected chi connectivity index (χ0v) is 35.0. The van der Waals surface area contributed by atoms with Crippen LogP contribution in [0.3, 0.4) is 0 Å². The van der Waals surface area contributed by atoms with E-state index in [9.17, 15) is 31.5 Å². The molecular formula is C38H47Cl4F5N6O2. The van der Waals surface area contributed by atoms with Gasteiger partial charge >= 0.3 is 0 Å². The van der Waals surface area contributed by atoms with Crippen LogP contribution in [0.15, 0.2) is 36.4 Å². The summed E-state index contributed by atoms with van der Waals surface area (Å²) in [4.78, 5) is 25.0. The molecule has 55 heavy (non-hydrogen) atoms. The van der Waals surface area contributed by atoms with Gasteiger partial charge in [0, 0.05) is 43.8 Å². The lowest BCUT2D eigenvalue weighted by Gasteiger charge is -2.24. The predicted octanol–water partition coefficient (Wildman–Crippen LogP) is 11.7. The van der Waals surface area contributed by atoms with Crippen molar-refractivity contribution < 1.29 is 31.5 Å². The number of carbonyl (C=O) groups is 2. The van der Waals surface area contributed by atoms with Gasteiger partial charge < -0.3 is 10.2 Å². The van der Waals surface area contributed by atoms with Gasteiger partial charge in [0.25, 0.3) is 24.0 Å². The smallest absolute Gasteiger partial charge is 0.283 e. The van der Waals surface area contributed by atoms with Crippen LogP contribution < -0.4 is 5.32 Å². The Balaban J connectivity index is 0.000000314. The fourth-order valence-corrected chi connectivity index (χ4v) is 6.43. The summed E-state index contributed by atoms with van der Waals surface area (Å²) in [5, 5.41) is 10.4. The molecule has 2 aromatic heterocycles. The van der Waals surface area contributed by atoms with Crippen LogP contribution in [-0.4, -0.2) is 48.7 Å². The zero-order chi connectivity index (χ0) is 41.7. The SMILES string of the molecule is CCCN(Cc1cc(Cl)ccc1C(C)C)C(=O)c1c(C(F)F)nn(C)c1F.CCCNCc1cc(Cl)ccc1C(C)C.Cn1nc(C(F)F)c(C(=O)Cl)c1Cl. The Hall–Kier alpha value is -3.23. The van der Waals surface area contributed by atoms with E-state index in [-0.39, 0.29) is 17.6 Å². The van der Waals surface area contributed by atoms with Gasteiger partial charge in [-0.1, -0.05) is 88.5 Å². The maximum atomic E-state index is 14.3. The molecule has 4 aromatic rings. The van der Waals surface area contributed by atoms with Crippen molar-refractivity contribution in [1.29, 1.82) is 0 Å². The molecule has 4 rings (SSSR count). The average molecular weight is 857 g/mol. The molecule has 17 heteroatoms. The first-order valence-corrected chi connectivity index (χ1v) is 19.1. The lowest BCUT2D eigenvalue weighted by atomic mass is 9.96. The third-order valence-electron chi connectivity index (χ3n) is 8.17. The monoisotopic (exact) mass is 854 g/mol. The Bertz CT molecular complexity index is 1880.